The van der Waals surface area contributed by atoms with E-state index in [-0.39, 0.29) is 13.0 Å². The summed E-state index contributed by atoms with van der Waals surface area (Å²) in [6.45, 7) is -0.197. The summed E-state index contributed by atoms with van der Waals surface area (Å²) in [5, 5.41) is 0. The van der Waals surface area contributed by atoms with Gasteiger partial charge in [-0.2, -0.15) is 13.2 Å². The van der Waals surface area contributed by atoms with Gasteiger partial charge in [0, 0.05) is 5.75 Å². The molecule has 0 bridgehead atoms. The van der Waals surface area contributed by atoms with Crippen LogP contribution in [0.1, 0.15) is 12.2 Å². The van der Waals surface area contributed by atoms with Crippen molar-refractivity contribution in [1.82, 2.24) is 4.57 Å². The van der Waals surface area contributed by atoms with Gasteiger partial charge >= 0.3 is 12.0 Å². The van der Waals surface area contributed by atoms with E-state index in [9.17, 15) is 26.1 Å². The van der Waals surface area contributed by atoms with Crippen molar-refractivity contribution >= 4 is 21.2 Å². The molecule has 21 heavy (non-hydrogen) atoms. The molecular weight excluding hydrogens is 309 g/mol. The number of aryl methyl sites for hydroxylation is 2. The van der Waals surface area contributed by atoms with Crippen LogP contribution in [-0.2, 0) is 29.9 Å². The molecule has 5 nitrogen and oxygen atoms in total. The summed E-state index contributed by atoms with van der Waals surface area (Å²) in [6.07, 6.45) is -4.75. The lowest BCUT2D eigenvalue weighted by Crippen LogP contribution is -2.38. The Balaban J connectivity index is 2.49. The summed E-state index contributed by atoms with van der Waals surface area (Å²) < 4.78 is 73.3. The molecular formula is C12H13F3N2O3S. The molecule has 1 aromatic carbocycles. The first-order valence-corrected chi connectivity index (χ1v) is 7.67. The molecule has 116 valence electrons. The minimum absolute atomic E-state index is 0.173. The largest absolute Gasteiger partial charge is 0.748 e. The van der Waals surface area contributed by atoms with Crippen molar-refractivity contribution < 1.29 is 30.7 Å². The Hall–Kier alpha value is -1.61. The van der Waals surface area contributed by atoms with Crippen molar-refractivity contribution in [2.75, 3.05) is 5.75 Å². The number of alkyl halides is 3. The smallest absolute Gasteiger partial charge is 0.495 e. The molecule has 0 radical (unpaired) electrons. The number of nitrogens with zero attached hydrogens (tertiary/aromatic N) is 2. The molecule has 0 atom stereocenters. The van der Waals surface area contributed by atoms with Crippen molar-refractivity contribution in [3.8, 4) is 0 Å². The molecule has 1 heterocycles. The zero-order chi connectivity index (χ0) is 15.8. The quantitative estimate of drug-likeness (QED) is 0.631. The monoisotopic (exact) mass is 322 g/mol. The summed E-state index contributed by atoms with van der Waals surface area (Å²) in [4.78, 5) is 0. The first-order valence-electron chi connectivity index (χ1n) is 6.09. The van der Waals surface area contributed by atoms with Crippen LogP contribution in [0.15, 0.2) is 24.3 Å². The lowest BCUT2D eigenvalue weighted by Gasteiger charge is -2.08. The van der Waals surface area contributed by atoms with Crippen LogP contribution in [0.5, 0.6) is 0 Å². The average Bonchev–Trinajstić information content (AvgIpc) is 2.61. The van der Waals surface area contributed by atoms with Crippen LogP contribution in [-0.4, -0.2) is 23.3 Å². The lowest BCUT2D eigenvalue weighted by atomic mass is 10.3. The summed E-state index contributed by atoms with van der Waals surface area (Å²) in [5.74, 6) is -1.58. The maximum absolute atomic E-state index is 13.2. The van der Waals surface area contributed by atoms with Gasteiger partial charge in [0.25, 0.3) is 0 Å². The van der Waals surface area contributed by atoms with Crippen molar-refractivity contribution in [2.24, 2.45) is 7.05 Å². The average molecular weight is 322 g/mol. The number of imidazole rings is 1. The van der Waals surface area contributed by atoms with Crippen LogP contribution in [0, 0.1) is 0 Å². The van der Waals surface area contributed by atoms with Gasteiger partial charge in [0.2, 0.25) is 0 Å². The van der Waals surface area contributed by atoms with E-state index in [4.69, 9.17) is 0 Å². The van der Waals surface area contributed by atoms with Crippen molar-refractivity contribution in [3.63, 3.8) is 0 Å². The third-order valence-electron chi connectivity index (χ3n) is 3.14. The van der Waals surface area contributed by atoms with Crippen LogP contribution in [0.2, 0.25) is 0 Å². The fourth-order valence-corrected chi connectivity index (χ4v) is 2.84. The maximum atomic E-state index is 13.2. The van der Waals surface area contributed by atoms with Crippen molar-refractivity contribution in [2.45, 2.75) is 19.1 Å². The molecule has 2 rings (SSSR count). The Bertz CT molecular complexity index is 766. The Kier molecular flexibility index (Phi) is 3.98. The summed E-state index contributed by atoms with van der Waals surface area (Å²) in [6, 6.07) is 6.29. The van der Waals surface area contributed by atoms with Crippen molar-refractivity contribution in [3.05, 3.63) is 30.1 Å². The molecule has 2 aromatic rings. The van der Waals surface area contributed by atoms with Crippen LogP contribution < -0.4 is 4.57 Å². The van der Waals surface area contributed by atoms with E-state index in [1.165, 1.54) is 13.1 Å². The highest BCUT2D eigenvalue weighted by Gasteiger charge is 2.46. The highest BCUT2D eigenvalue weighted by molar-refractivity contribution is 7.85. The Morgan fingerprint density at radius 1 is 1.29 bits per heavy atom. The summed E-state index contributed by atoms with van der Waals surface area (Å²) >= 11 is 0. The third kappa shape index (κ3) is 3.35. The highest BCUT2D eigenvalue weighted by atomic mass is 32.2. The van der Waals surface area contributed by atoms with E-state index in [2.05, 4.69) is 0 Å². The second-order valence-electron chi connectivity index (χ2n) is 4.64. The molecule has 1 aromatic heterocycles. The second kappa shape index (κ2) is 5.30. The number of fused-ring (bicyclic) bond motifs is 1. The number of hydrogen-bond donors (Lipinski definition) is 0. The van der Waals surface area contributed by atoms with Gasteiger partial charge < -0.3 is 4.55 Å². The molecule has 0 spiro atoms. The van der Waals surface area contributed by atoms with E-state index in [0.29, 0.717) is 11.0 Å². The summed E-state index contributed by atoms with van der Waals surface area (Å²) in [7, 11) is -3.14. The number of benzene rings is 1. The zero-order valence-corrected chi connectivity index (χ0v) is 11.9. The van der Waals surface area contributed by atoms with Gasteiger partial charge in [-0.25, -0.2) is 17.6 Å². The standard InChI is InChI=1S/C12H13F3N2O3S/c1-16-9-5-2-3-6-10(9)17(11(16)12(13,14)15)7-4-8-21(18,19)20/h2-3,5-6H,4,7-8H2,1H3. The fraction of sp³-hybridized carbons (Fsp3) is 0.417. The van der Waals surface area contributed by atoms with E-state index < -0.39 is 27.9 Å². The number of aromatic nitrogens is 2. The first-order chi connectivity index (χ1) is 9.61. The van der Waals surface area contributed by atoms with E-state index >= 15 is 0 Å². The number of halogens is 3. The molecule has 0 saturated heterocycles. The van der Waals surface area contributed by atoms with E-state index in [1.54, 1.807) is 18.2 Å². The Labute approximate surface area is 119 Å². The lowest BCUT2D eigenvalue weighted by molar-refractivity contribution is -0.667. The molecule has 0 fully saturated rings. The third-order valence-corrected chi connectivity index (χ3v) is 3.93. The number of hydrogen-bond acceptors (Lipinski definition) is 3. The highest BCUT2D eigenvalue weighted by Crippen LogP contribution is 2.30. The maximum Gasteiger partial charge on any atom is 0.495 e. The van der Waals surface area contributed by atoms with Gasteiger partial charge in [0.1, 0.15) is 0 Å². The van der Waals surface area contributed by atoms with Crippen LogP contribution in [0.25, 0.3) is 11.0 Å². The Morgan fingerprint density at radius 2 is 1.90 bits per heavy atom. The van der Waals surface area contributed by atoms with Gasteiger partial charge in [0.05, 0.1) is 23.7 Å². The Morgan fingerprint density at radius 3 is 2.48 bits per heavy atom. The van der Waals surface area contributed by atoms with Crippen molar-refractivity contribution in [1.29, 1.82) is 0 Å². The summed E-state index contributed by atoms with van der Waals surface area (Å²) in [5.41, 5.74) is 0.727. The fourth-order valence-electron chi connectivity index (χ4n) is 2.35. The number of para-hydroxylation sites is 2. The topological polar surface area (TPSA) is 66.0 Å². The molecule has 0 amide bonds. The van der Waals surface area contributed by atoms with Gasteiger partial charge in [0.15, 0.2) is 11.0 Å². The van der Waals surface area contributed by atoms with Gasteiger partial charge in [-0.3, -0.25) is 0 Å². The first kappa shape index (κ1) is 15.8. The molecule has 0 aliphatic carbocycles. The molecule has 0 N–H and O–H groups in total. The van der Waals surface area contributed by atoms with Crippen LogP contribution in [0.3, 0.4) is 0 Å². The molecule has 0 saturated carbocycles. The van der Waals surface area contributed by atoms with Gasteiger partial charge in [-0.05, 0) is 18.6 Å². The molecule has 0 unspecified atom stereocenters. The normalized spacial score (nSPS) is 13.0. The minimum Gasteiger partial charge on any atom is -0.748 e. The number of rotatable bonds is 4. The second-order valence-corrected chi connectivity index (χ2v) is 6.16. The zero-order valence-electron chi connectivity index (χ0n) is 11.1. The van der Waals surface area contributed by atoms with E-state index in [1.807, 2.05) is 0 Å². The predicted octanol–water partition coefficient (Wildman–Crippen LogP) is 1.42. The molecule has 9 heteroatoms. The van der Waals surface area contributed by atoms with Gasteiger partial charge in [-0.15, -0.1) is 0 Å². The molecule has 0 aliphatic rings. The molecule has 0 aliphatic heterocycles. The van der Waals surface area contributed by atoms with Crippen LogP contribution >= 0.6 is 0 Å². The minimum atomic E-state index is -4.58. The van der Waals surface area contributed by atoms with E-state index in [0.717, 1.165) is 9.13 Å². The predicted molar refractivity (Wildman–Crippen MR) is 67.3 cm³/mol. The van der Waals surface area contributed by atoms with Gasteiger partial charge in [-0.1, -0.05) is 12.1 Å². The SMILES string of the molecule is C[n+]1c(C(F)(F)F)n(CCCS(=O)(=O)[O-])c2ccccc21. The van der Waals surface area contributed by atoms with Crippen LogP contribution in [0.4, 0.5) is 13.2 Å².